The third kappa shape index (κ3) is 5.31. The van der Waals surface area contributed by atoms with Gasteiger partial charge in [-0.2, -0.15) is 0 Å². The molecule has 6 nitrogen and oxygen atoms in total. The van der Waals surface area contributed by atoms with E-state index in [0.717, 1.165) is 17.7 Å². The minimum atomic E-state index is -1.21. The van der Waals surface area contributed by atoms with Crippen molar-refractivity contribution in [2.75, 3.05) is 18.5 Å². The van der Waals surface area contributed by atoms with Crippen LogP contribution in [0.5, 0.6) is 0 Å². The lowest BCUT2D eigenvalue weighted by atomic mass is 10.1. The van der Waals surface area contributed by atoms with Gasteiger partial charge in [0, 0.05) is 25.7 Å². The number of hydrogen-bond acceptors (Lipinski definition) is 3. The number of anilines is 1. The van der Waals surface area contributed by atoms with Gasteiger partial charge in [-0.3, -0.25) is 9.59 Å². The third-order valence-electron chi connectivity index (χ3n) is 3.75. The van der Waals surface area contributed by atoms with E-state index in [1.807, 2.05) is 30.3 Å². The fourth-order valence-electron chi connectivity index (χ4n) is 2.39. The van der Waals surface area contributed by atoms with Crippen molar-refractivity contribution in [1.29, 1.82) is 0 Å². The van der Waals surface area contributed by atoms with E-state index in [-0.39, 0.29) is 5.91 Å². The SMILES string of the molecule is CN(C(=O)C=CC(=O)O)c1ccccc1C(=O)NCCc1ccccc1. The highest BCUT2D eigenvalue weighted by Gasteiger charge is 2.16. The lowest BCUT2D eigenvalue weighted by molar-refractivity contribution is -0.131. The number of aliphatic carboxylic acids is 1. The van der Waals surface area contributed by atoms with Gasteiger partial charge in [-0.05, 0) is 24.1 Å². The zero-order valence-corrected chi connectivity index (χ0v) is 14.4. The Labute approximate surface area is 151 Å². The smallest absolute Gasteiger partial charge is 0.328 e. The molecule has 2 amide bonds. The van der Waals surface area contributed by atoms with Crippen LogP contribution in [0, 0.1) is 0 Å². The summed E-state index contributed by atoms with van der Waals surface area (Å²) in [7, 11) is 1.49. The molecule has 0 aliphatic rings. The molecule has 134 valence electrons. The Morgan fingerprint density at radius 2 is 1.65 bits per heavy atom. The average Bonchev–Trinajstić information content (AvgIpc) is 2.66. The van der Waals surface area contributed by atoms with Gasteiger partial charge in [0.1, 0.15) is 0 Å². The Balaban J connectivity index is 2.06. The van der Waals surface area contributed by atoms with Crippen molar-refractivity contribution in [3.63, 3.8) is 0 Å². The predicted octanol–water partition coefficient (Wildman–Crippen LogP) is 2.26. The quantitative estimate of drug-likeness (QED) is 0.749. The number of para-hydroxylation sites is 1. The van der Waals surface area contributed by atoms with Gasteiger partial charge in [0.05, 0.1) is 11.3 Å². The van der Waals surface area contributed by atoms with Crippen molar-refractivity contribution in [1.82, 2.24) is 5.32 Å². The van der Waals surface area contributed by atoms with E-state index >= 15 is 0 Å². The molecule has 2 aromatic rings. The zero-order chi connectivity index (χ0) is 18.9. The predicted molar refractivity (Wildman–Crippen MR) is 99.1 cm³/mol. The van der Waals surface area contributed by atoms with Crippen LogP contribution in [0.25, 0.3) is 0 Å². The van der Waals surface area contributed by atoms with Gasteiger partial charge in [-0.1, -0.05) is 42.5 Å². The summed E-state index contributed by atoms with van der Waals surface area (Å²) in [5.41, 5.74) is 1.87. The van der Waals surface area contributed by atoms with Crippen LogP contribution in [0.4, 0.5) is 5.69 Å². The van der Waals surface area contributed by atoms with E-state index in [0.29, 0.717) is 24.2 Å². The molecule has 26 heavy (non-hydrogen) atoms. The molecular weight excluding hydrogens is 332 g/mol. The number of benzene rings is 2. The lowest BCUT2D eigenvalue weighted by Crippen LogP contribution is -2.30. The molecule has 0 aliphatic carbocycles. The van der Waals surface area contributed by atoms with Gasteiger partial charge in [-0.15, -0.1) is 0 Å². The van der Waals surface area contributed by atoms with Crippen LogP contribution < -0.4 is 10.2 Å². The van der Waals surface area contributed by atoms with Gasteiger partial charge in [0.25, 0.3) is 11.8 Å². The van der Waals surface area contributed by atoms with Gasteiger partial charge in [0.15, 0.2) is 0 Å². The topological polar surface area (TPSA) is 86.7 Å². The van der Waals surface area contributed by atoms with Crippen molar-refractivity contribution in [3.05, 3.63) is 77.9 Å². The summed E-state index contributed by atoms with van der Waals surface area (Å²) in [5.74, 6) is -2.03. The van der Waals surface area contributed by atoms with Crippen molar-refractivity contribution in [2.24, 2.45) is 0 Å². The van der Waals surface area contributed by atoms with Crippen LogP contribution in [0.3, 0.4) is 0 Å². The number of hydrogen-bond donors (Lipinski definition) is 2. The molecule has 2 N–H and O–H groups in total. The fraction of sp³-hybridized carbons (Fsp3) is 0.150. The number of amides is 2. The Morgan fingerprint density at radius 3 is 2.35 bits per heavy atom. The van der Waals surface area contributed by atoms with Crippen molar-refractivity contribution in [2.45, 2.75) is 6.42 Å². The molecule has 0 aromatic heterocycles. The minimum Gasteiger partial charge on any atom is -0.478 e. The van der Waals surface area contributed by atoms with E-state index in [2.05, 4.69) is 5.32 Å². The number of likely N-dealkylation sites (N-methyl/N-ethyl adjacent to an activating group) is 1. The highest BCUT2D eigenvalue weighted by atomic mass is 16.4. The number of nitrogens with one attached hydrogen (secondary N) is 1. The van der Waals surface area contributed by atoms with Crippen molar-refractivity contribution in [3.8, 4) is 0 Å². The minimum absolute atomic E-state index is 0.293. The third-order valence-corrected chi connectivity index (χ3v) is 3.75. The van der Waals surface area contributed by atoms with Crippen LogP contribution in [0.1, 0.15) is 15.9 Å². The number of rotatable bonds is 7. The molecule has 0 aliphatic heterocycles. The monoisotopic (exact) mass is 352 g/mol. The Morgan fingerprint density at radius 1 is 1.00 bits per heavy atom. The second kappa shape index (κ2) is 9.17. The molecule has 0 heterocycles. The van der Waals surface area contributed by atoms with Crippen LogP contribution in [0.2, 0.25) is 0 Å². The van der Waals surface area contributed by atoms with Crippen LogP contribution in [0.15, 0.2) is 66.7 Å². The molecule has 6 heteroatoms. The zero-order valence-electron chi connectivity index (χ0n) is 14.4. The number of carbonyl (C=O) groups is 3. The summed E-state index contributed by atoms with van der Waals surface area (Å²) >= 11 is 0. The van der Waals surface area contributed by atoms with Crippen LogP contribution >= 0.6 is 0 Å². The maximum Gasteiger partial charge on any atom is 0.328 e. The average molecular weight is 352 g/mol. The molecular formula is C20H20N2O4. The van der Waals surface area contributed by atoms with Gasteiger partial charge >= 0.3 is 5.97 Å². The van der Waals surface area contributed by atoms with Gasteiger partial charge < -0.3 is 15.3 Å². The first-order chi connectivity index (χ1) is 12.5. The summed E-state index contributed by atoms with van der Waals surface area (Å²) in [5, 5.41) is 11.5. The molecule has 0 spiro atoms. The fourth-order valence-corrected chi connectivity index (χ4v) is 2.39. The molecule has 0 bridgehead atoms. The Bertz CT molecular complexity index is 816. The first-order valence-electron chi connectivity index (χ1n) is 8.09. The summed E-state index contributed by atoms with van der Waals surface area (Å²) in [6.07, 6.45) is 2.42. The number of carboxylic acid groups (broad SMARTS) is 1. The van der Waals surface area contributed by atoms with E-state index < -0.39 is 11.9 Å². The molecule has 0 saturated carbocycles. The number of carbonyl (C=O) groups excluding carboxylic acids is 2. The molecule has 0 saturated heterocycles. The summed E-state index contributed by atoms with van der Waals surface area (Å²) < 4.78 is 0. The van der Waals surface area contributed by atoms with E-state index in [1.165, 1.54) is 11.9 Å². The van der Waals surface area contributed by atoms with Crippen molar-refractivity contribution < 1.29 is 19.5 Å². The molecule has 2 rings (SSSR count). The molecule has 0 atom stereocenters. The maximum absolute atomic E-state index is 12.5. The van der Waals surface area contributed by atoms with E-state index in [9.17, 15) is 14.4 Å². The second-order valence-corrected chi connectivity index (χ2v) is 5.58. The molecule has 2 aromatic carbocycles. The first kappa shape index (κ1) is 18.9. The highest BCUT2D eigenvalue weighted by Crippen LogP contribution is 2.19. The second-order valence-electron chi connectivity index (χ2n) is 5.58. The normalized spacial score (nSPS) is 10.5. The maximum atomic E-state index is 12.5. The lowest BCUT2D eigenvalue weighted by Gasteiger charge is -2.19. The first-order valence-corrected chi connectivity index (χ1v) is 8.09. The molecule has 0 fully saturated rings. The largest absolute Gasteiger partial charge is 0.478 e. The summed E-state index contributed by atoms with van der Waals surface area (Å²) in [6.45, 7) is 0.466. The number of carboxylic acids is 1. The van der Waals surface area contributed by atoms with Crippen molar-refractivity contribution >= 4 is 23.5 Å². The standard InChI is InChI=1S/C20H20N2O4/c1-22(18(23)11-12-19(24)25)17-10-6-5-9-16(17)20(26)21-14-13-15-7-3-2-4-8-15/h2-12H,13-14H2,1H3,(H,21,26)(H,24,25). The van der Waals surface area contributed by atoms with Gasteiger partial charge in [-0.25, -0.2) is 4.79 Å². The Kier molecular flexibility index (Phi) is 6.68. The van der Waals surface area contributed by atoms with Crippen LogP contribution in [-0.4, -0.2) is 36.5 Å². The molecule has 0 radical (unpaired) electrons. The highest BCUT2D eigenvalue weighted by molar-refractivity contribution is 6.08. The Hall–Kier alpha value is -3.41. The van der Waals surface area contributed by atoms with Gasteiger partial charge in [0.2, 0.25) is 0 Å². The van der Waals surface area contributed by atoms with E-state index in [1.54, 1.807) is 24.3 Å². The summed E-state index contributed by atoms with van der Waals surface area (Å²) in [4.78, 5) is 36.3. The summed E-state index contributed by atoms with van der Waals surface area (Å²) in [6, 6.07) is 16.5. The van der Waals surface area contributed by atoms with Crippen LogP contribution in [-0.2, 0) is 16.0 Å². The van der Waals surface area contributed by atoms with E-state index in [4.69, 9.17) is 5.11 Å². The number of nitrogens with zero attached hydrogens (tertiary/aromatic N) is 1. The molecule has 0 unspecified atom stereocenters.